The summed E-state index contributed by atoms with van der Waals surface area (Å²) in [5.74, 6) is 2.55. The SMILES string of the molecule is COc1cc(OC)cc(C(NC(=O)c2ccc3c(c2)nc(C)n3-c2ccccc2)c2nccn2C)c1. The molecule has 1 amide bonds. The molecule has 0 radical (unpaired) electrons. The van der Waals surface area contributed by atoms with Gasteiger partial charge in [0.2, 0.25) is 0 Å². The molecule has 0 saturated carbocycles. The molecule has 0 saturated heterocycles. The number of hydrogen-bond donors (Lipinski definition) is 1. The van der Waals surface area contributed by atoms with Crippen LogP contribution in [0.1, 0.15) is 33.6 Å². The summed E-state index contributed by atoms with van der Waals surface area (Å²) in [7, 11) is 5.08. The number of carbonyl (C=O) groups excluding carboxylic acids is 1. The van der Waals surface area contributed by atoms with Crippen LogP contribution in [0.15, 0.2) is 79.1 Å². The number of fused-ring (bicyclic) bond motifs is 1. The molecule has 1 atom stereocenters. The Morgan fingerprint density at radius 1 is 0.972 bits per heavy atom. The number of para-hydroxylation sites is 1. The Kier molecular flexibility index (Phi) is 6.16. The molecular formula is C28H27N5O3. The zero-order chi connectivity index (χ0) is 25.2. The quantitative estimate of drug-likeness (QED) is 0.367. The van der Waals surface area contributed by atoms with Crippen LogP contribution in [0.2, 0.25) is 0 Å². The van der Waals surface area contributed by atoms with Crippen molar-refractivity contribution in [3.8, 4) is 17.2 Å². The summed E-state index contributed by atoms with van der Waals surface area (Å²) < 4.78 is 14.9. The van der Waals surface area contributed by atoms with Crippen LogP contribution in [-0.4, -0.2) is 39.2 Å². The summed E-state index contributed by atoms with van der Waals surface area (Å²) in [5.41, 5.74) is 4.01. The van der Waals surface area contributed by atoms with Gasteiger partial charge in [-0.2, -0.15) is 0 Å². The smallest absolute Gasteiger partial charge is 0.252 e. The van der Waals surface area contributed by atoms with Crippen LogP contribution >= 0.6 is 0 Å². The summed E-state index contributed by atoms with van der Waals surface area (Å²) in [6.45, 7) is 1.96. The van der Waals surface area contributed by atoms with Crippen LogP contribution in [0.5, 0.6) is 11.5 Å². The molecule has 2 aromatic heterocycles. The number of aromatic nitrogens is 4. The van der Waals surface area contributed by atoms with Crippen molar-refractivity contribution >= 4 is 16.9 Å². The summed E-state index contributed by atoms with van der Waals surface area (Å²) in [4.78, 5) is 22.7. The van der Waals surface area contributed by atoms with Gasteiger partial charge in [-0.05, 0) is 55.0 Å². The third-order valence-corrected chi connectivity index (χ3v) is 6.20. The molecule has 0 aliphatic carbocycles. The minimum Gasteiger partial charge on any atom is -0.497 e. The van der Waals surface area contributed by atoms with Gasteiger partial charge in [0.25, 0.3) is 5.91 Å². The van der Waals surface area contributed by atoms with Crippen molar-refractivity contribution in [1.29, 1.82) is 0 Å². The first kappa shape index (κ1) is 23.2. The van der Waals surface area contributed by atoms with E-state index >= 15 is 0 Å². The zero-order valence-electron chi connectivity index (χ0n) is 20.6. The Balaban J connectivity index is 1.52. The van der Waals surface area contributed by atoms with E-state index in [1.807, 2.05) is 85.4 Å². The maximum Gasteiger partial charge on any atom is 0.252 e. The Morgan fingerprint density at radius 2 is 1.69 bits per heavy atom. The van der Waals surface area contributed by atoms with Crippen molar-refractivity contribution in [3.05, 3.63) is 102 Å². The lowest BCUT2D eigenvalue weighted by Gasteiger charge is -2.20. The molecule has 1 N–H and O–H groups in total. The number of rotatable bonds is 7. The molecule has 2 heterocycles. The van der Waals surface area contributed by atoms with E-state index in [-0.39, 0.29) is 5.91 Å². The van der Waals surface area contributed by atoms with Gasteiger partial charge in [-0.25, -0.2) is 9.97 Å². The molecule has 0 fully saturated rings. The Hall–Kier alpha value is -4.59. The van der Waals surface area contributed by atoms with Gasteiger partial charge in [-0.3, -0.25) is 9.36 Å². The van der Waals surface area contributed by atoms with E-state index in [2.05, 4.69) is 14.9 Å². The second-order valence-electron chi connectivity index (χ2n) is 8.48. The second-order valence-corrected chi connectivity index (χ2v) is 8.48. The number of amides is 1. The van der Waals surface area contributed by atoms with Crippen molar-refractivity contribution in [1.82, 2.24) is 24.4 Å². The van der Waals surface area contributed by atoms with Gasteiger partial charge in [0.1, 0.15) is 29.2 Å². The lowest BCUT2D eigenvalue weighted by molar-refractivity contribution is 0.0941. The maximum atomic E-state index is 13.5. The van der Waals surface area contributed by atoms with Gasteiger partial charge in [0.15, 0.2) is 0 Å². The van der Waals surface area contributed by atoms with Crippen molar-refractivity contribution in [2.45, 2.75) is 13.0 Å². The number of carbonyl (C=O) groups is 1. The molecule has 0 spiro atoms. The third kappa shape index (κ3) is 4.29. The van der Waals surface area contributed by atoms with Crippen molar-refractivity contribution < 1.29 is 14.3 Å². The summed E-state index contributed by atoms with van der Waals surface area (Å²) in [6.07, 6.45) is 3.55. The van der Waals surface area contributed by atoms with Gasteiger partial charge in [-0.15, -0.1) is 0 Å². The number of hydrogen-bond acceptors (Lipinski definition) is 5. The van der Waals surface area contributed by atoms with Crippen LogP contribution in [0.4, 0.5) is 0 Å². The van der Waals surface area contributed by atoms with Crippen molar-refractivity contribution in [2.24, 2.45) is 7.05 Å². The third-order valence-electron chi connectivity index (χ3n) is 6.20. The highest BCUT2D eigenvalue weighted by atomic mass is 16.5. The highest BCUT2D eigenvalue weighted by Crippen LogP contribution is 2.30. The fourth-order valence-corrected chi connectivity index (χ4v) is 4.41. The van der Waals surface area contributed by atoms with E-state index in [1.165, 1.54) is 0 Å². The zero-order valence-corrected chi connectivity index (χ0v) is 20.6. The molecular weight excluding hydrogens is 454 g/mol. The molecule has 1 unspecified atom stereocenters. The van der Waals surface area contributed by atoms with E-state index in [0.29, 0.717) is 22.9 Å². The molecule has 5 rings (SSSR count). The van der Waals surface area contributed by atoms with E-state index in [1.54, 1.807) is 26.5 Å². The fraction of sp³-hybridized carbons (Fsp3) is 0.179. The molecule has 36 heavy (non-hydrogen) atoms. The van der Waals surface area contributed by atoms with E-state index in [4.69, 9.17) is 14.5 Å². The number of aryl methyl sites for hydroxylation is 2. The van der Waals surface area contributed by atoms with Crippen LogP contribution in [-0.2, 0) is 7.05 Å². The maximum absolute atomic E-state index is 13.5. The first-order valence-electron chi connectivity index (χ1n) is 11.5. The summed E-state index contributed by atoms with van der Waals surface area (Å²) in [6, 6.07) is 20.6. The standard InChI is InChI=1S/C28H27N5O3/c1-18-30-24-16-19(10-11-25(24)33(18)21-8-6-5-7-9-21)28(34)31-26(27-29-12-13-32(27)2)20-14-22(35-3)17-23(15-20)36-4/h5-17,26H,1-4H3,(H,31,34). The van der Waals surface area contributed by atoms with Crippen molar-refractivity contribution in [3.63, 3.8) is 0 Å². The van der Waals surface area contributed by atoms with E-state index in [0.717, 1.165) is 28.1 Å². The highest BCUT2D eigenvalue weighted by molar-refractivity contribution is 5.98. The number of ether oxygens (including phenoxy) is 2. The molecule has 182 valence electrons. The predicted octanol–water partition coefficient (Wildman–Crippen LogP) is 4.60. The normalized spacial score (nSPS) is 11.9. The molecule has 8 heteroatoms. The fourth-order valence-electron chi connectivity index (χ4n) is 4.41. The predicted molar refractivity (Wildman–Crippen MR) is 138 cm³/mol. The highest BCUT2D eigenvalue weighted by Gasteiger charge is 2.23. The first-order chi connectivity index (χ1) is 17.5. The topological polar surface area (TPSA) is 83.2 Å². The van der Waals surface area contributed by atoms with Gasteiger partial charge < -0.3 is 19.4 Å². The Labute approximate surface area is 209 Å². The van der Waals surface area contributed by atoms with Crippen LogP contribution in [0, 0.1) is 6.92 Å². The molecule has 0 aliphatic rings. The number of nitrogens with one attached hydrogen (secondary N) is 1. The first-order valence-corrected chi connectivity index (χ1v) is 11.5. The van der Waals surface area contributed by atoms with E-state index < -0.39 is 6.04 Å². The molecule has 3 aromatic carbocycles. The van der Waals surface area contributed by atoms with Crippen LogP contribution < -0.4 is 14.8 Å². The molecule has 0 aliphatic heterocycles. The van der Waals surface area contributed by atoms with Gasteiger partial charge in [0, 0.05) is 36.8 Å². The van der Waals surface area contributed by atoms with Gasteiger partial charge in [-0.1, -0.05) is 18.2 Å². The average molecular weight is 482 g/mol. The van der Waals surface area contributed by atoms with Gasteiger partial charge >= 0.3 is 0 Å². The lowest BCUT2D eigenvalue weighted by Crippen LogP contribution is -2.31. The summed E-state index contributed by atoms with van der Waals surface area (Å²) in [5, 5.41) is 3.15. The minimum absolute atomic E-state index is 0.237. The lowest BCUT2D eigenvalue weighted by atomic mass is 10.0. The molecule has 5 aromatic rings. The largest absolute Gasteiger partial charge is 0.497 e. The second kappa shape index (κ2) is 9.58. The minimum atomic E-state index is -0.527. The number of methoxy groups -OCH3 is 2. The Morgan fingerprint density at radius 3 is 2.33 bits per heavy atom. The monoisotopic (exact) mass is 481 g/mol. The van der Waals surface area contributed by atoms with Gasteiger partial charge in [0.05, 0.1) is 25.3 Å². The van der Waals surface area contributed by atoms with Crippen LogP contribution in [0.3, 0.4) is 0 Å². The average Bonchev–Trinajstić information content (AvgIpc) is 3.48. The van der Waals surface area contributed by atoms with Crippen LogP contribution in [0.25, 0.3) is 16.7 Å². The number of imidazole rings is 2. The van der Waals surface area contributed by atoms with E-state index in [9.17, 15) is 4.79 Å². The molecule has 8 nitrogen and oxygen atoms in total. The summed E-state index contributed by atoms with van der Waals surface area (Å²) >= 11 is 0. The number of benzene rings is 3. The number of nitrogens with zero attached hydrogens (tertiary/aromatic N) is 4. The van der Waals surface area contributed by atoms with Crippen molar-refractivity contribution in [2.75, 3.05) is 14.2 Å². The molecule has 0 bridgehead atoms. The Bertz CT molecular complexity index is 1520.